The van der Waals surface area contributed by atoms with E-state index in [1.807, 2.05) is 0 Å². The lowest BCUT2D eigenvalue weighted by atomic mass is 9.98. The van der Waals surface area contributed by atoms with Crippen LogP contribution in [0.15, 0.2) is 29.2 Å². The fourth-order valence-corrected chi connectivity index (χ4v) is 4.70. The standard InChI is InChI=1S/C15H17ClF3NO3S/c1-14(5-7-20(8-6-14)13(21)10-16)24(22,23)12-4-2-3-11(9-12)15(17,18)19/h2-4,9H,5-8,10H2,1H3. The van der Waals surface area contributed by atoms with E-state index in [0.717, 1.165) is 12.1 Å². The summed E-state index contributed by atoms with van der Waals surface area (Å²) in [6.45, 7) is 1.92. The highest BCUT2D eigenvalue weighted by molar-refractivity contribution is 7.92. The van der Waals surface area contributed by atoms with Crippen molar-refractivity contribution in [2.24, 2.45) is 0 Å². The predicted molar refractivity (Wildman–Crippen MR) is 83.6 cm³/mol. The van der Waals surface area contributed by atoms with Gasteiger partial charge in [-0.15, -0.1) is 11.6 Å². The van der Waals surface area contributed by atoms with Gasteiger partial charge in [-0.05, 0) is 38.0 Å². The Balaban J connectivity index is 2.29. The first kappa shape index (κ1) is 19.1. The molecule has 1 fully saturated rings. The van der Waals surface area contributed by atoms with Crippen molar-refractivity contribution >= 4 is 27.3 Å². The maximum absolute atomic E-state index is 12.8. The smallest absolute Gasteiger partial charge is 0.342 e. The molecular formula is C15H17ClF3NO3S. The number of hydrogen-bond acceptors (Lipinski definition) is 3. The second kappa shape index (κ2) is 6.55. The number of amides is 1. The second-order valence-electron chi connectivity index (χ2n) is 5.99. The molecule has 1 aromatic carbocycles. The van der Waals surface area contributed by atoms with E-state index in [1.165, 1.54) is 17.9 Å². The van der Waals surface area contributed by atoms with Gasteiger partial charge < -0.3 is 4.90 Å². The van der Waals surface area contributed by atoms with Crippen LogP contribution in [0.1, 0.15) is 25.3 Å². The van der Waals surface area contributed by atoms with E-state index in [9.17, 15) is 26.4 Å². The van der Waals surface area contributed by atoms with E-state index in [-0.39, 0.29) is 42.6 Å². The Kier molecular flexibility index (Phi) is 5.20. The van der Waals surface area contributed by atoms with Gasteiger partial charge in [0.2, 0.25) is 5.91 Å². The van der Waals surface area contributed by atoms with Crippen molar-refractivity contribution in [2.45, 2.75) is 35.6 Å². The Morgan fingerprint density at radius 1 is 1.29 bits per heavy atom. The molecule has 9 heteroatoms. The minimum absolute atomic E-state index is 0.147. The average Bonchev–Trinajstić information content (AvgIpc) is 2.54. The summed E-state index contributed by atoms with van der Waals surface area (Å²) in [5.74, 6) is -0.466. The third-order valence-corrected chi connectivity index (χ3v) is 7.22. The fraction of sp³-hybridized carbons (Fsp3) is 0.533. The van der Waals surface area contributed by atoms with E-state index < -0.39 is 26.3 Å². The van der Waals surface area contributed by atoms with Crippen molar-refractivity contribution in [3.8, 4) is 0 Å². The number of halogens is 4. The van der Waals surface area contributed by atoms with E-state index in [2.05, 4.69) is 0 Å². The van der Waals surface area contributed by atoms with Crippen molar-refractivity contribution in [3.63, 3.8) is 0 Å². The van der Waals surface area contributed by atoms with Crippen LogP contribution in [0.2, 0.25) is 0 Å². The Hall–Kier alpha value is -1.28. The highest BCUT2D eigenvalue weighted by Crippen LogP contribution is 2.37. The van der Waals surface area contributed by atoms with Crippen LogP contribution in [-0.4, -0.2) is 42.9 Å². The van der Waals surface area contributed by atoms with Crippen LogP contribution < -0.4 is 0 Å². The van der Waals surface area contributed by atoms with Gasteiger partial charge >= 0.3 is 6.18 Å². The number of nitrogens with zero attached hydrogens (tertiary/aromatic N) is 1. The summed E-state index contributed by atoms with van der Waals surface area (Å²) in [5.41, 5.74) is -0.998. The highest BCUT2D eigenvalue weighted by Gasteiger charge is 2.44. The predicted octanol–water partition coefficient (Wildman–Crippen LogP) is 3.10. The number of rotatable bonds is 3. The molecule has 1 amide bonds. The monoisotopic (exact) mass is 383 g/mol. The SMILES string of the molecule is CC1(S(=O)(=O)c2cccc(C(F)(F)F)c2)CCN(C(=O)CCl)CC1. The molecule has 1 heterocycles. The van der Waals surface area contributed by atoms with Crippen molar-refractivity contribution < 1.29 is 26.4 Å². The summed E-state index contributed by atoms with van der Waals surface area (Å²) in [6.07, 6.45) is -4.31. The van der Waals surface area contributed by atoms with Crippen LogP contribution in [0.4, 0.5) is 13.2 Å². The maximum atomic E-state index is 12.8. The molecule has 0 unspecified atom stereocenters. The van der Waals surface area contributed by atoms with Crippen molar-refractivity contribution in [1.82, 2.24) is 4.90 Å². The zero-order chi connectivity index (χ0) is 18.2. The van der Waals surface area contributed by atoms with Gasteiger partial charge in [-0.3, -0.25) is 4.79 Å². The maximum Gasteiger partial charge on any atom is 0.416 e. The highest BCUT2D eigenvalue weighted by atomic mass is 35.5. The van der Waals surface area contributed by atoms with Gasteiger partial charge in [-0.2, -0.15) is 13.2 Å². The Labute approximate surface area is 143 Å². The van der Waals surface area contributed by atoms with Gasteiger partial charge in [-0.25, -0.2) is 8.42 Å². The Morgan fingerprint density at radius 2 is 1.88 bits per heavy atom. The number of likely N-dealkylation sites (tertiary alicyclic amines) is 1. The summed E-state index contributed by atoms with van der Waals surface area (Å²) >= 11 is 5.49. The van der Waals surface area contributed by atoms with Crippen LogP contribution in [0.25, 0.3) is 0 Å². The molecule has 0 saturated carbocycles. The topological polar surface area (TPSA) is 54.5 Å². The molecule has 0 bridgehead atoms. The zero-order valence-electron chi connectivity index (χ0n) is 12.9. The molecule has 0 aliphatic carbocycles. The molecule has 2 rings (SSSR count). The number of benzene rings is 1. The number of carbonyl (C=O) groups is 1. The van der Waals surface area contributed by atoms with Gasteiger partial charge in [0.05, 0.1) is 15.2 Å². The quantitative estimate of drug-likeness (QED) is 0.754. The summed E-state index contributed by atoms with van der Waals surface area (Å²) in [4.78, 5) is 12.7. The molecule has 0 spiro atoms. The lowest BCUT2D eigenvalue weighted by molar-refractivity contribution is -0.137. The third kappa shape index (κ3) is 3.54. The molecule has 1 aromatic rings. The van der Waals surface area contributed by atoms with Crippen LogP contribution in [0.5, 0.6) is 0 Å². The van der Waals surface area contributed by atoms with Gasteiger partial charge in [0.1, 0.15) is 5.88 Å². The Morgan fingerprint density at radius 3 is 2.38 bits per heavy atom. The largest absolute Gasteiger partial charge is 0.416 e. The minimum atomic E-state index is -4.61. The van der Waals surface area contributed by atoms with Crippen molar-refractivity contribution in [3.05, 3.63) is 29.8 Å². The Bertz CT molecular complexity index is 726. The average molecular weight is 384 g/mol. The first-order valence-corrected chi connectivity index (χ1v) is 9.29. The van der Waals surface area contributed by atoms with Crippen LogP contribution in [0, 0.1) is 0 Å². The van der Waals surface area contributed by atoms with Gasteiger partial charge in [0.25, 0.3) is 0 Å². The fourth-order valence-electron chi connectivity index (χ4n) is 2.71. The molecule has 0 N–H and O–H groups in total. The second-order valence-corrected chi connectivity index (χ2v) is 8.72. The van der Waals surface area contributed by atoms with E-state index in [0.29, 0.717) is 6.07 Å². The first-order valence-electron chi connectivity index (χ1n) is 7.27. The van der Waals surface area contributed by atoms with E-state index in [1.54, 1.807) is 0 Å². The summed E-state index contributed by atoms with van der Waals surface area (Å²) < 4.78 is 62.9. The zero-order valence-corrected chi connectivity index (χ0v) is 14.5. The first-order chi connectivity index (χ1) is 11.0. The molecule has 0 atom stereocenters. The number of piperidine rings is 1. The molecule has 24 heavy (non-hydrogen) atoms. The number of alkyl halides is 4. The van der Waals surface area contributed by atoms with Gasteiger partial charge in [-0.1, -0.05) is 6.07 Å². The van der Waals surface area contributed by atoms with Crippen molar-refractivity contribution in [2.75, 3.05) is 19.0 Å². The number of sulfone groups is 1. The summed E-state index contributed by atoms with van der Waals surface area (Å²) in [6, 6.07) is 3.76. The summed E-state index contributed by atoms with van der Waals surface area (Å²) in [7, 11) is -3.97. The molecule has 4 nitrogen and oxygen atoms in total. The number of carbonyl (C=O) groups excluding carboxylic acids is 1. The normalized spacial score (nSPS) is 18.5. The molecule has 0 aromatic heterocycles. The molecular weight excluding hydrogens is 367 g/mol. The molecule has 0 radical (unpaired) electrons. The van der Waals surface area contributed by atoms with Crippen LogP contribution >= 0.6 is 11.6 Å². The van der Waals surface area contributed by atoms with Gasteiger partial charge in [0, 0.05) is 13.1 Å². The van der Waals surface area contributed by atoms with E-state index in [4.69, 9.17) is 11.6 Å². The van der Waals surface area contributed by atoms with Gasteiger partial charge in [0.15, 0.2) is 9.84 Å². The summed E-state index contributed by atoms with van der Waals surface area (Å²) in [5, 5.41) is 0. The molecule has 1 aliphatic rings. The lowest BCUT2D eigenvalue weighted by Crippen LogP contribution is -2.49. The number of hydrogen-bond donors (Lipinski definition) is 0. The molecule has 1 saturated heterocycles. The van der Waals surface area contributed by atoms with Crippen LogP contribution in [-0.2, 0) is 20.8 Å². The minimum Gasteiger partial charge on any atom is -0.342 e. The van der Waals surface area contributed by atoms with Crippen molar-refractivity contribution in [1.29, 1.82) is 0 Å². The third-order valence-electron chi connectivity index (χ3n) is 4.41. The molecule has 1 aliphatic heterocycles. The molecule has 134 valence electrons. The lowest BCUT2D eigenvalue weighted by Gasteiger charge is -2.38. The van der Waals surface area contributed by atoms with Crippen LogP contribution in [0.3, 0.4) is 0 Å². The van der Waals surface area contributed by atoms with E-state index >= 15 is 0 Å².